The number of hydrogen-bond acceptors (Lipinski definition) is 5. The predicted octanol–water partition coefficient (Wildman–Crippen LogP) is 0.653. The molecule has 0 saturated carbocycles. The number of anilines is 2. The summed E-state index contributed by atoms with van der Waals surface area (Å²) < 4.78 is 0. The normalized spacial score (nSPS) is 10.2. The van der Waals surface area contributed by atoms with E-state index in [2.05, 4.69) is 20.7 Å². The number of hydrogen-bond donors (Lipinski definition) is 4. The summed E-state index contributed by atoms with van der Waals surface area (Å²) in [6.07, 6.45) is 0. The van der Waals surface area contributed by atoms with Gasteiger partial charge in [-0.25, -0.2) is 0 Å². The van der Waals surface area contributed by atoms with Crippen molar-refractivity contribution in [1.29, 1.82) is 0 Å². The molecule has 0 atom stereocenters. The van der Waals surface area contributed by atoms with E-state index in [-0.39, 0.29) is 17.3 Å². The van der Waals surface area contributed by atoms with Gasteiger partial charge in [0.25, 0.3) is 5.91 Å². The number of carbonyl (C=O) groups is 1. The van der Waals surface area contributed by atoms with E-state index < -0.39 is 5.91 Å². The Balaban J connectivity index is 2.24. The Morgan fingerprint density at radius 2 is 2.24 bits per heavy atom. The number of amides is 1. The Kier molecular flexibility index (Phi) is 2.65. The molecule has 0 spiro atoms. The number of aryl methyl sites for hydroxylation is 1. The standard InChI is InChI=1S/C10H11N5O2/c1-5-2-3-7(16)6(4-5)12-10(17)8-9(11)14-15-13-8/h2-4,16H,1H3,(H,12,17)(H3,11,13,14,15). The highest BCUT2D eigenvalue weighted by molar-refractivity contribution is 6.06. The van der Waals surface area contributed by atoms with Crippen LogP contribution in [0.15, 0.2) is 18.2 Å². The molecule has 0 aliphatic heterocycles. The summed E-state index contributed by atoms with van der Waals surface area (Å²) in [5, 5.41) is 21.5. The Morgan fingerprint density at radius 3 is 2.88 bits per heavy atom. The lowest BCUT2D eigenvalue weighted by molar-refractivity contribution is 0.102. The quantitative estimate of drug-likeness (QED) is 0.568. The molecule has 2 rings (SSSR count). The smallest absolute Gasteiger partial charge is 0.280 e. The molecule has 0 aliphatic carbocycles. The lowest BCUT2D eigenvalue weighted by Crippen LogP contribution is -2.14. The zero-order valence-electron chi connectivity index (χ0n) is 9.06. The summed E-state index contributed by atoms with van der Waals surface area (Å²) in [5.41, 5.74) is 6.64. The Hall–Kier alpha value is -2.57. The second-order valence-electron chi connectivity index (χ2n) is 3.53. The van der Waals surface area contributed by atoms with Gasteiger partial charge in [0.1, 0.15) is 5.75 Å². The lowest BCUT2D eigenvalue weighted by atomic mass is 10.2. The van der Waals surface area contributed by atoms with Gasteiger partial charge in [-0.2, -0.15) is 5.21 Å². The minimum Gasteiger partial charge on any atom is -0.506 e. The van der Waals surface area contributed by atoms with Crippen LogP contribution in [-0.4, -0.2) is 26.4 Å². The molecule has 1 heterocycles. The first-order valence-corrected chi connectivity index (χ1v) is 4.85. The topological polar surface area (TPSA) is 117 Å². The summed E-state index contributed by atoms with van der Waals surface area (Å²) in [5.74, 6) is -0.544. The molecule has 0 aliphatic rings. The number of nitrogens with one attached hydrogen (secondary N) is 2. The second kappa shape index (κ2) is 4.12. The van der Waals surface area contributed by atoms with E-state index in [1.165, 1.54) is 6.07 Å². The third-order valence-electron chi connectivity index (χ3n) is 2.19. The van der Waals surface area contributed by atoms with Gasteiger partial charge in [-0.1, -0.05) is 6.07 Å². The molecule has 0 bridgehead atoms. The van der Waals surface area contributed by atoms with Gasteiger partial charge >= 0.3 is 0 Å². The fourth-order valence-corrected chi connectivity index (χ4v) is 1.34. The van der Waals surface area contributed by atoms with Crippen LogP contribution in [-0.2, 0) is 0 Å². The SMILES string of the molecule is Cc1ccc(O)c(NC(=O)c2n[nH]nc2N)c1. The van der Waals surface area contributed by atoms with E-state index in [1.807, 2.05) is 6.92 Å². The van der Waals surface area contributed by atoms with Crippen molar-refractivity contribution in [3.63, 3.8) is 0 Å². The predicted molar refractivity (Wildman–Crippen MR) is 61.6 cm³/mol. The van der Waals surface area contributed by atoms with Gasteiger partial charge in [0.05, 0.1) is 5.69 Å². The van der Waals surface area contributed by atoms with Gasteiger partial charge in [-0.05, 0) is 24.6 Å². The average Bonchev–Trinajstić information content (AvgIpc) is 2.70. The van der Waals surface area contributed by atoms with Crippen LogP contribution in [0.25, 0.3) is 0 Å². The first-order chi connectivity index (χ1) is 8.08. The number of benzene rings is 1. The Labute approximate surface area is 96.6 Å². The van der Waals surface area contributed by atoms with E-state index in [0.717, 1.165) is 5.56 Å². The summed E-state index contributed by atoms with van der Waals surface area (Å²) in [6.45, 7) is 1.85. The number of aromatic nitrogens is 3. The summed E-state index contributed by atoms with van der Waals surface area (Å²) in [7, 11) is 0. The largest absolute Gasteiger partial charge is 0.506 e. The number of aromatic hydroxyl groups is 1. The van der Waals surface area contributed by atoms with E-state index in [4.69, 9.17) is 5.73 Å². The molecule has 88 valence electrons. The highest BCUT2D eigenvalue weighted by Crippen LogP contribution is 2.24. The van der Waals surface area contributed by atoms with Crippen LogP contribution in [0.3, 0.4) is 0 Å². The number of nitrogens with two attached hydrogens (primary N) is 1. The second-order valence-corrected chi connectivity index (χ2v) is 3.53. The average molecular weight is 233 g/mol. The molecule has 5 N–H and O–H groups in total. The molecule has 0 fully saturated rings. The summed E-state index contributed by atoms with van der Waals surface area (Å²) >= 11 is 0. The number of phenolic OH excluding ortho intramolecular Hbond substituents is 1. The molecule has 1 amide bonds. The maximum atomic E-state index is 11.7. The summed E-state index contributed by atoms with van der Waals surface area (Å²) in [6, 6.07) is 4.87. The van der Waals surface area contributed by atoms with Crippen LogP contribution in [0.5, 0.6) is 5.75 Å². The molecule has 0 saturated heterocycles. The van der Waals surface area contributed by atoms with Gasteiger partial charge in [0.15, 0.2) is 11.5 Å². The van der Waals surface area contributed by atoms with Crippen molar-refractivity contribution in [3.05, 3.63) is 29.5 Å². The van der Waals surface area contributed by atoms with Crippen LogP contribution >= 0.6 is 0 Å². The van der Waals surface area contributed by atoms with Gasteiger partial charge in [0, 0.05) is 0 Å². The molecule has 2 aromatic rings. The molecule has 7 nitrogen and oxygen atoms in total. The monoisotopic (exact) mass is 233 g/mol. The maximum Gasteiger partial charge on any atom is 0.280 e. The van der Waals surface area contributed by atoms with Crippen molar-refractivity contribution in [1.82, 2.24) is 15.4 Å². The summed E-state index contributed by atoms with van der Waals surface area (Å²) in [4.78, 5) is 11.7. The van der Waals surface area contributed by atoms with Crippen molar-refractivity contribution in [2.75, 3.05) is 11.1 Å². The van der Waals surface area contributed by atoms with Crippen molar-refractivity contribution < 1.29 is 9.90 Å². The number of phenols is 1. The van der Waals surface area contributed by atoms with Crippen LogP contribution < -0.4 is 11.1 Å². The molecule has 17 heavy (non-hydrogen) atoms. The molecular weight excluding hydrogens is 222 g/mol. The van der Waals surface area contributed by atoms with Crippen LogP contribution in [0, 0.1) is 6.92 Å². The van der Waals surface area contributed by atoms with Crippen molar-refractivity contribution >= 4 is 17.4 Å². The fourth-order valence-electron chi connectivity index (χ4n) is 1.34. The molecule has 0 unspecified atom stereocenters. The molecule has 1 aromatic carbocycles. The number of carbonyl (C=O) groups excluding carboxylic acids is 1. The molecule has 0 radical (unpaired) electrons. The van der Waals surface area contributed by atoms with Gasteiger partial charge in [-0.3, -0.25) is 4.79 Å². The zero-order chi connectivity index (χ0) is 12.4. The van der Waals surface area contributed by atoms with E-state index >= 15 is 0 Å². The third kappa shape index (κ3) is 2.17. The number of nitrogens with zero attached hydrogens (tertiary/aromatic N) is 2. The first-order valence-electron chi connectivity index (χ1n) is 4.85. The van der Waals surface area contributed by atoms with Crippen LogP contribution in [0.2, 0.25) is 0 Å². The van der Waals surface area contributed by atoms with Crippen molar-refractivity contribution in [2.45, 2.75) is 6.92 Å². The fraction of sp³-hybridized carbons (Fsp3) is 0.100. The number of H-pyrrole nitrogens is 1. The van der Waals surface area contributed by atoms with Gasteiger partial charge in [-0.15, -0.1) is 10.2 Å². The van der Waals surface area contributed by atoms with E-state index in [1.54, 1.807) is 12.1 Å². The van der Waals surface area contributed by atoms with Crippen LogP contribution in [0.4, 0.5) is 11.5 Å². The minimum absolute atomic E-state index is 0.00842. The molecule has 7 heteroatoms. The van der Waals surface area contributed by atoms with Crippen molar-refractivity contribution in [2.24, 2.45) is 0 Å². The number of rotatable bonds is 2. The number of nitrogen functional groups attached to an aromatic ring is 1. The van der Waals surface area contributed by atoms with E-state index in [0.29, 0.717) is 5.69 Å². The van der Waals surface area contributed by atoms with Gasteiger partial charge in [0.2, 0.25) is 0 Å². The van der Waals surface area contributed by atoms with Crippen LogP contribution in [0.1, 0.15) is 16.1 Å². The Bertz CT molecular complexity index is 564. The Morgan fingerprint density at radius 1 is 1.47 bits per heavy atom. The maximum absolute atomic E-state index is 11.7. The van der Waals surface area contributed by atoms with E-state index in [9.17, 15) is 9.90 Å². The third-order valence-corrected chi connectivity index (χ3v) is 2.19. The van der Waals surface area contributed by atoms with Crippen molar-refractivity contribution in [3.8, 4) is 5.75 Å². The zero-order valence-corrected chi connectivity index (χ0v) is 9.06. The molecule has 1 aromatic heterocycles. The highest BCUT2D eigenvalue weighted by atomic mass is 16.3. The minimum atomic E-state index is -0.530. The highest BCUT2D eigenvalue weighted by Gasteiger charge is 2.15. The number of aromatic amines is 1. The molecular formula is C10H11N5O2. The first kappa shape index (κ1) is 10.9. The lowest BCUT2D eigenvalue weighted by Gasteiger charge is -2.06. The van der Waals surface area contributed by atoms with Gasteiger partial charge < -0.3 is 16.2 Å².